The summed E-state index contributed by atoms with van der Waals surface area (Å²) in [4.78, 5) is 48.3. The molecule has 0 aliphatic rings. The molecule has 0 heterocycles. The summed E-state index contributed by atoms with van der Waals surface area (Å²) in [5.74, 6) is -1.46. The number of unbranched alkanes of at least 4 members (excludes halogenated alkanes) is 32. The lowest BCUT2D eigenvalue weighted by molar-refractivity contribution is -0.161. The Morgan fingerprint density at radius 2 is 0.676 bits per heavy atom. The molecule has 400 valence electrons. The van der Waals surface area contributed by atoms with Gasteiger partial charge < -0.3 is 24.2 Å². The second-order valence-corrected chi connectivity index (χ2v) is 20.6. The molecule has 0 aliphatic heterocycles. The number of aliphatic hydroxyl groups excluding tert-OH is 1. The molecule has 0 saturated carbocycles. The van der Waals surface area contributed by atoms with Gasteiger partial charge in [0, 0.05) is 19.3 Å². The highest BCUT2D eigenvalue weighted by molar-refractivity contribution is 7.47. The molecule has 0 saturated heterocycles. The van der Waals surface area contributed by atoms with Gasteiger partial charge in [0.25, 0.3) is 0 Å². The highest BCUT2D eigenvalue weighted by atomic mass is 31.2. The second-order valence-electron chi connectivity index (χ2n) is 19.1. The van der Waals surface area contributed by atoms with E-state index in [1.807, 2.05) is 0 Å². The summed E-state index contributed by atoms with van der Waals surface area (Å²) in [5.41, 5.74) is 0. The van der Waals surface area contributed by atoms with Crippen LogP contribution in [0.3, 0.4) is 0 Å². The van der Waals surface area contributed by atoms with Gasteiger partial charge in [-0.3, -0.25) is 23.4 Å². The average Bonchev–Trinajstić information content (AvgIpc) is 3.32. The van der Waals surface area contributed by atoms with Crippen LogP contribution in [0.5, 0.6) is 0 Å². The van der Waals surface area contributed by atoms with Crippen molar-refractivity contribution in [3.63, 3.8) is 0 Å². The van der Waals surface area contributed by atoms with E-state index < -0.39 is 57.8 Å². The molecule has 11 nitrogen and oxygen atoms in total. The number of phosphoric ester groups is 1. The van der Waals surface area contributed by atoms with Crippen LogP contribution in [0.25, 0.3) is 0 Å². The average molecular weight is 985 g/mol. The van der Waals surface area contributed by atoms with E-state index >= 15 is 0 Å². The molecule has 0 rings (SSSR count). The second kappa shape index (κ2) is 51.3. The topological polar surface area (TPSA) is 155 Å². The highest BCUT2D eigenvalue weighted by Crippen LogP contribution is 2.43. The number of esters is 3. The van der Waals surface area contributed by atoms with Gasteiger partial charge in [-0.15, -0.1) is 0 Å². The minimum atomic E-state index is -4.74. The van der Waals surface area contributed by atoms with Crippen molar-refractivity contribution in [2.24, 2.45) is 0 Å². The summed E-state index contributed by atoms with van der Waals surface area (Å²) < 4.78 is 39.4. The summed E-state index contributed by atoms with van der Waals surface area (Å²) in [6, 6.07) is 0. The number of carbonyl (C=O) groups is 3. The van der Waals surface area contributed by atoms with Crippen molar-refractivity contribution in [2.45, 2.75) is 290 Å². The molecule has 0 amide bonds. The van der Waals surface area contributed by atoms with Crippen LogP contribution >= 0.6 is 7.82 Å². The maximum absolute atomic E-state index is 12.9. The lowest BCUT2D eigenvalue weighted by Crippen LogP contribution is -2.30. The van der Waals surface area contributed by atoms with E-state index in [4.69, 9.17) is 23.3 Å². The summed E-state index contributed by atoms with van der Waals surface area (Å²) in [5, 5.41) is 9.79. The van der Waals surface area contributed by atoms with Crippen LogP contribution in [-0.4, -0.2) is 66.5 Å². The van der Waals surface area contributed by atoms with Crippen molar-refractivity contribution >= 4 is 25.7 Å². The zero-order chi connectivity index (χ0) is 49.9. The van der Waals surface area contributed by atoms with Gasteiger partial charge in [0.15, 0.2) is 6.10 Å². The quantitative estimate of drug-likeness (QED) is 0.0197. The molecule has 3 atom stereocenters. The molecule has 12 heteroatoms. The number of hydrogen-bond acceptors (Lipinski definition) is 10. The summed E-state index contributed by atoms with van der Waals surface area (Å²) >= 11 is 0. The van der Waals surface area contributed by atoms with Crippen molar-refractivity contribution in [1.29, 1.82) is 0 Å². The van der Waals surface area contributed by atoms with Crippen LogP contribution in [0.4, 0.5) is 0 Å². The third-order valence-electron chi connectivity index (χ3n) is 12.3. The molecule has 0 spiro atoms. The predicted octanol–water partition coefficient (Wildman–Crippen LogP) is 16.3. The number of aliphatic hydroxyl groups is 1. The van der Waals surface area contributed by atoms with Crippen molar-refractivity contribution < 1.29 is 52.2 Å². The van der Waals surface area contributed by atoms with E-state index in [1.165, 1.54) is 135 Å². The molecule has 0 aliphatic carbocycles. The molecule has 0 aromatic rings. The maximum atomic E-state index is 12.9. The predicted molar refractivity (Wildman–Crippen MR) is 280 cm³/mol. The zero-order valence-electron chi connectivity index (χ0n) is 44.1. The molecular formula is C56H105O11P. The Morgan fingerprint density at radius 3 is 1.01 bits per heavy atom. The van der Waals surface area contributed by atoms with Gasteiger partial charge in [0.1, 0.15) is 12.7 Å². The standard InChI is InChI=1S/C56H105O11P/c1-4-7-10-13-16-19-21-23-25-26-28-30-32-35-38-41-44-47-56(60)67-53(49-63-54(58)45-42-39-36-33-18-15-12-9-6-3)51-65-68(61,62)64-50-52(48-57)66-55(59)46-43-40-37-34-31-29-27-24-22-20-17-14-11-8-5-2/h23-25,27,52-53,57H,4-22,26,28-51H2,1-3H3,(H,61,62)/b25-23-,27-24-. The van der Waals surface area contributed by atoms with Crippen molar-refractivity contribution in [3.05, 3.63) is 24.3 Å². The zero-order valence-corrected chi connectivity index (χ0v) is 45.0. The number of carbonyl (C=O) groups excluding carboxylic acids is 3. The Hall–Kier alpha value is -2.04. The minimum absolute atomic E-state index is 0.167. The lowest BCUT2D eigenvalue weighted by atomic mass is 10.1. The Kier molecular flexibility index (Phi) is 49.8. The van der Waals surface area contributed by atoms with E-state index in [9.17, 15) is 28.9 Å². The monoisotopic (exact) mass is 985 g/mol. The van der Waals surface area contributed by atoms with Crippen molar-refractivity contribution in [2.75, 3.05) is 26.4 Å². The maximum Gasteiger partial charge on any atom is 0.472 e. The van der Waals surface area contributed by atoms with E-state index in [0.717, 1.165) is 83.5 Å². The van der Waals surface area contributed by atoms with Crippen LogP contribution in [0.1, 0.15) is 278 Å². The molecule has 68 heavy (non-hydrogen) atoms. The van der Waals surface area contributed by atoms with Gasteiger partial charge in [-0.25, -0.2) is 4.57 Å². The normalized spacial score (nSPS) is 13.5. The Balaban J connectivity index is 4.63. The van der Waals surface area contributed by atoms with Gasteiger partial charge in [0.05, 0.1) is 19.8 Å². The molecule has 0 radical (unpaired) electrons. The van der Waals surface area contributed by atoms with Crippen LogP contribution < -0.4 is 0 Å². The molecule has 0 fully saturated rings. The van der Waals surface area contributed by atoms with Gasteiger partial charge in [-0.2, -0.15) is 0 Å². The van der Waals surface area contributed by atoms with Crippen LogP contribution in [0.2, 0.25) is 0 Å². The smallest absolute Gasteiger partial charge is 0.462 e. The van der Waals surface area contributed by atoms with E-state index in [2.05, 4.69) is 45.1 Å². The summed E-state index contributed by atoms with van der Waals surface area (Å²) in [6.45, 7) is 4.63. The van der Waals surface area contributed by atoms with Crippen molar-refractivity contribution in [1.82, 2.24) is 0 Å². The first-order valence-electron chi connectivity index (χ1n) is 28.2. The highest BCUT2D eigenvalue weighted by Gasteiger charge is 2.28. The molecule has 2 N–H and O–H groups in total. The molecule has 0 aromatic heterocycles. The fourth-order valence-electron chi connectivity index (χ4n) is 7.99. The molecule has 0 aromatic carbocycles. The first-order valence-corrected chi connectivity index (χ1v) is 29.7. The number of hydrogen-bond donors (Lipinski definition) is 2. The SMILES string of the molecule is CCCCCCCC/C=C\CCCCCCCCCC(=O)OC(COC(=O)CCCCCCCCCCC)COP(=O)(O)OCC(CO)OC(=O)CCCCCCC/C=C\CCCCCCCC. The van der Waals surface area contributed by atoms with Gasteiger partial charge in [-0.05, 0) is 70.6 Å². The third kappa shape index (κ3) is 49.0. The molecule has 0 bridgehead atoms. The van der Waals surface area contributed by atoms with Crippen LogP contribution in [0.15, 0.2) is 24.3 Å². The first kappa shape index (κ1) is 66.0. The summed E-state index contributed by atoms with van der Waals surface area (Å²) in [7, 11) is -4.74. The minimum Gasteiger partial charge on any atom is -0.462 e. The number of phosphoric acid groups is 1. The van der Waals surface area contributed by atoms with Gasteiger partial charge >= 0.3 is 25.7 Å². The number of allylic oxidation sites excluding steroid dienone is 4. The lowest BCUT2D eigenvalue weighted by Gasteiger charge is -2.21. The van der Waals surface area contributed by atoms with Crippen LogP contribution in [-0.2, 0) is 42.2 Å². The van der Waals surface area contributed by atoms with Gasteiger partial charge in [0.2, 0.25) is 0 Å². The number of ether oxygens (including phenoxy) is 3. The van der Waals surface area contributed by atoms with E-state index in [0.29, 0.717) is 19.3 Å². The van der Waals surface area contributed by atoms with Gasteiger partial charge in [-0.1, -0.05) is 212 Å². The molecule has 3 unspecified atom stereocenters. The number of rotatable bonds is 53. The Labute approximate surface area is 417 Å². The van der Waals surface area contributed by atoms with E-state index in [-0.39, 0.29) is 25.9 Å². The van der Waals surface area contributed by atoms with Crippen molar-refractivity contribution in [3.8, 4) is 0 Å². The summed E-state index contributed by atoms with van der Waals surface area (Å²) in [6.07, 6.45) is 50.0. The molecular weight excluding hydrogens is 880 g/mol. The third-order valence-corrected chi connectivity index (χ3v) is 13.3. The van der Waals surface area contributed by atoms with E-state index in [1.54, 1.807) is 0 Å². The Morgan fingerprint density at radius 1 is 0.397 bits per heavy atom. The largest absolute Gasteiger partial charge is 0.472 e. The fourth-order valence-corrected chi connectivity index (χ4v) is 8.78. The first-order chi connectivity index (χ1) is 33.2. The van der Waals surface area contributed by atoms with Crippen LogP contribution in [0, 0.1) is 0 Å². The Bertz CT molecular complexity index is 1240. The fraction of sp³-hybridized carbons (Fsp3) is 0.875.